The van der Waals surface area contributed by atoms with Gasteiger partial charge < -0.3 is 5.11 Å². The Morgan fingerprint density at radius 2 is 2.06 bits per heavy atom. The topological polar surface area (TPSA) is 68.3 Å². The van der Waals surface area contributed by atoms with Crippen molar-refractivity contribution in [3.05, 3.63) is 16.4 Å². The quantitative estimate of drug-likeness (QED) is 0.711. The lowest BCUT2D eigenvalue weighted by Crippen LogP contribution is -2.16. The second-order valence-corrected chi connectivity index (χ2v) is 4.37. The molecule has 0 aliphatic heterocycles. The summed E-state index contributed by atoms with van der Waals surface area (Å²) in [4.78, 5) is 11.4. The van der Waals surface area contributed by atoms with Crippen molar-refractivity contribution >= 4 is 0 Å². The summed E-state index contributed by atoms with van der Waals surface area (Å²) in [5, 5.41) is 12.5. The molecule has 16 heavy (non-hydrogen) atoms. The maximum atomic E-state index is 11.4. The van der Waals surface area contributed by atoms with E-state index >= 15 is 0 Å². The third kappa shape index (κ3) is 2.72. The Balaban J connectivity index is 1.83. The predicted octanol–water partition coefficient (Wildman–Crippen LogP) is 1.27. The van der Waals surface area contributed by atoms with Crippen LogP contribution in [0.5, 0.6) is 0 Å². The molecule has 90 valence electrons. The van der Waals surface area contributed by atoms with Crippen LogP contribution in [0.3, 0.4) is 0 Å². The number of hydrogen-bond acceptors (Lipinski definition) is 4. The normalized spacial score (nSPS) is 15.6. The number of aliphatic hydroxyl groups is 1. The Kier molecular flexibility index (Phi) is 3.77. The van der Waals surface area contributed by atoms with Gasteiger partial charge in [0.2, 0.25) is 0 Å². The van der Waals surface area contributed by atoms with Gasteiger partial charge >= 0.3 is 5.76 Å². The second-order valence-electron chi connectivity index (χ2n) is 4.37. The lowest BCUT2D eigenvalue weighted by molar-refractivity contribution is 0.282. The van der Waals surface area contributed by atoms with Crippen LogP contribution in [0, 0.1) is 0 Å². The highest BCUT2D eigenvalue weighted by Crippen LogP contribution is 2.38. The molecule has 0 saturated heterocycles. The summed E-state index contributed by atoms with van der Waals surface area (Å²) in [6, 6.07) is 0. The van der Waals surface area contributed by atoms with Crippen molar-refractivity contribution in [3.63, 3.8) is 0 Å². The number of rotatable bonds is 7. The average molecular weight is 226 g/mol. The summed E-state index contributed by atoms with van der Waals surface area (Å²) in [6.45, 7) is 0.945. The van der Waals surface area contributed by atoms with Crippen LogP contribution in [-0.4, -0.2) is 21.4 Å². The average Bonchev–Trinajstić information content (AvgIpc) is 3.05. The molecule has 0 bridgehead atoms. The zero-order valence-corrected chi connectivity index (χ0v) is 9.39. The fraction of sp³-hybridized carbons (Fsp3) is 0.818. The van der Waals surface area contributed by atoms with Gasteiger partial charge in [0.05, 0.1) is 0 Å². The number of unbranched alkanes of at least 4 members (excludes halogenated alkanes) is 3. The smallest absolute Gasteiger partial charge is 0.396 e. The first-order valence-electron chi connectivity index (χ1n) is 6.00. The van der Waals surface area contributed by atoms with Gasteiger partial charge in [0.1, 0.15) is 0 Å². The van der Waals surface area contributed by atoms with E-state index in [1.165, 1.54) is 0 Å². The molecular formula is C11H18N2O3. The molecule has 2 rings (SSSR count). The van der Waals surface area contributed by atoms with Crippen molar-refractivity contribution in [1.29, 1.82) is 0 Å². The van der Waals surface area contributed by atoms with E-state index in [0.29, 0.717) is 12.5 Å². The molecule has 0 atom stereocenters. The summed E-state index contributed by atoms with van der Waals surface area (Å²) in [7, 11) is 0. The van der Waals surface area contributed by atoms with Gasteiger partial charge in [-0.1, -0.05) is 18.0 Å². The highest BCUT2D eigenvalue weighted by Gasteiger charge is 2.30. The summed E-state index contributed by atoms with van der Waals surface area (Å²) >= 11 is 0. The molecule has 0 radical (unpaired) electrons. The molecule has 0 unspecified atom stereocenters. The van der Waals surface area contributed by atoms with E-state index in [-0.39, 0.29) is 12.4 Å². The van der Waals surface area contributed by atoms with Crippen LogP contribution >= 0.6 is 0 Å². The van der Waals surface area contributed by atoms with Gasteiger partial charge in [-0.15, -0.1) is 0 Å². The molecule has 0 spiro atoms. The number of aliphatic hydroxyl groups excluding tert-OH is 1. The third-order valence-corrected chi connectivity index (χ3v) is 2.95. The zero-order valence-electron chi connectivity index (χ0n) is 9.39. The van der Waals surface area contributed by atoms with Crippen molar-refractivity contribution in [2.75, 3.05) is 6.61 Å². The molecule has 1 aromatic rings. The van der Waals surface area contributed by atoms with Crippen LogP contribution in [0.15, 0.2) is 9.32 Å². The monoisotopic (exact) mass is 226 g/mol. The summed E-state index contributed by atoms with van der Waals surface area (Å²) in [5.41, 5.74) is 0. The van der Waals surface area contributed by atoms with Crippen LogP contribution in [-0.2, 0) is 6.54 Å². The first kappa shape index (κ1) is 11.4. The highest BCUT2D eigenvalue weighted by molar-refractivity contribution is 5.03. The number of nitrogens with zero attached hydrogens (tertiary/aromatic N) is 2. The SMILES string of the molecule is O=c1onc(C2CC2)n1CCCCCCO. The maximum Gasteiger partial charge on any atom is 0.441 e. The maximum absolute atomic E-state index is 11.4. The van der Waals surface area contributed by atoms with Crippen molar-refractivity contribution < 1.29 is 9.63 Å². The number of hydrogen-bond donors (Lipinski definition) is 1. The van der Waals surface area contributed by atoms with Gasteiger partial charge in [0, 0.05) is 19.1 Å². The Hall–Kier alpha value is -1.10. The molecule has 1 heterocycles. The van der Waals surface area contributed by atoms with E-state index in [0.717, 1.165) is 44.3 Å². The van der Waals surface area contributed by atoms with Crippen LogP contribution in [0.1, 0.15) is 50.3 Å². The predicted molar refractivity (Wildman–Crippen MR) is 58.3 cm³/mol. The minimum Gasteiger partial charge on any atom is -0.396 e. The Bertz CT molecular complexity index is 379. The van der Waals surface area contributed by atoms with E-state index in [9.17, 15) is 4.79 Å². The van der Waals surface area contributed by atoms with Crippen LogP contribution in [0.25, 0.3) is 0 Å². The molecule has 1 aromatic heterocycles. The molecule has 1 fully saturated rings. The molecule has 1 aliphatic carbocycles. The first-order chi connectivity index (χ1) is 7.83. The van der Waals surface area contributed by atoms with Crippen molar-refractivity contribution in [1.82, 2.24) is 9.72 Å². The number of aromatic nitrogens is 2. The van der Waals surface area contributed by atoms with Gasteiger partial charge in [-0.3, -0.25) is 9.09 Å². The highest BCUT2D eigenvalue weighted by atomic mass is 16.5. The third-order valence-electron chi connectivity index (χ3n) is 2.95. The van der Waals surface area contributed by atoms with E-state index in [2.05, 4.69) is 5.16 Å². The minimum atomic E-state index is -0.330. The lowest BCUT2D eigenvalue weighted by atomic mass is 10.2. The van der Waals surface area contributed by atoms with E-state index in [1.807, 2.05) is 0 Å². The molecule has 1 aliphatic rings. The fourth-order valence-corrected chi connectivity index (χ4v) is 1.86. The molecule has 0 aromatic carbocycles. The van der Waals surface area contributed by atoms with E-state index in [4.69, 9.17) is 9.63 Å². The van der Waals surface area contributed by atoms with Gasteiger partial charge in [0.25, 0.3) is 0 Å². The molecule has 1 N–H and O–H groups in total. The van der Waals surface area contributed by atoms with Crippen LogP contribution < -0.4 is 5.76 Å². The molecule has 0 amide bonds. The van der Waals surface area contributed by atoms with Gasteiger partial charge in [-0.2, -0.15) is 0 Å². The largest absolute Gasteiger partial charge is 0.441 e. The Morgan fingerprint density at radius 3 is 2.75 bits per heavy atom. The van der Waals surface area contributed by atoms with Gasteiger partial charge in [0.15, 0.2) is 5.82 Å². The van der Waals surface area contributed by atoms with E-state index in [1.54, 1.807) is 4.57 Å². The molecular weight excluding hydrogens is 208 g/mol. The van der Waals surface area contributed by atoms with Crippen molar-refractivity contribution in [2.24, 2.45) is 0 Å². The fourth-order valence-electron chi connectivity index (χ4n) is 1.86. The second kappa shape index (κ2) is 5.30. The summed E-state index contributed by atoms with van der Waals surface area (Å²) < 4.78 is 6.36. The lowest BCUT2D eigenvalue weighted by Gasteiger charge is -2.02. The molecule has 1 saturated carbocycles. The van der Waals surface area contributed by atoms with Crippen molar-refractivity contribution in [2.45, 2.75) is 51.0 Å². The Labute approximate surface area is 94.1 Å². The van der Waals surface area contributed by atoms with Crippen LogP contribution in [0.4, 0.5) is 0 Å². The summed E-state index contributed by atoms with van der Waals surface area (Å²) in [6.07, 6.45) is 6.07. The molecule has 5 nitrogen and oxygen atoms in total. The van der Waals surface area contributed by atoms with Crippen molar-refractivity contribution in [3.8, 4) is 0 Å². The standard InChI is InChI=1S/C11H18N2O3/c14-8-4-2-1-3-7-13-10(9-5-6-9)12-16-11(13)15/h9,14H,1-8H2. The van der Waals surface area contributed by atoms with Crippen LogP contribution in [0.2, 0.25) is 0 Å². The first-order valence-corrected chi connectivity index (χ1v) is 6.00. The zero-order chi connectivity index (χ0) is 11.4. The van der Waals surface area contributed by atoms with Gasteiger partial charge in [-0.25, -0.2) is 4.79 Å². The Morgan fingerprint density at radius 1 is 1.31 bits per heavy atom. The molecule has 5 heteroatoms. The van der Waals surface area contributed by atoms with E-state index < -0.39 is 0 Å². The van der Waals surface area contributed by atoms with Gasteiger partial charge in [-0.05, 0) is 25.7 Å². The summed E-state index contributed by atoms with van der Waals surface area (Å²) in [5.74, 6) is 0.945. The minimum absolute atomic E-state index is 0.251.